The first-order valence-electron chi connectivity index (χ1n) is 7.05. The maximum Gasteiger partial charge on any atom is 0.251 e. The summed E-state index contributed by atoms with van der Waals surface area (Å²) in [5, 5.41) is 2.72. The van der Waals surface area contributed by atoms with Gasteiger partial charge in [0.25, 0.3) is 5.91 Å². The van der Waals surface area contributed by atoms with Crippen molar-refractivity contribution in [2.75, 3.05) is 18.0 Å². The average molecular weight is 379 g/mol. The number of amides is 2. The fourth-order valence-corrected chi connectivity index (χ4v) is 2.60. The number of benzene rings is 2. The standard InChI is InChI=1S/C17H16BrFN2O2/c1-12(22)21(16-5-3-2-4-15(16)18)11-10-20-17(23)13-6-8-14(19)9-7-13/h2-9H,10-11H2,1H3,(H,20,23). The van der Waals surface area contributed by atoms with E-state index in [9.17, 15) is 14.0 Å². The molecular formula is C17H16BrFN2O2. The molecule has 6 heteroatoms. The molecule has 0 aliphatic rings. The molecule has 4 nitrogen and oxygen atoms in total. The number of hydrogen-bond donors (Lipinski definition) is 1. The lowest BCUT2D eigenvalue weighted by Gasteiger charge is -2.22. The van der Waals surface area contributed by atoms with Crippen molar-refractivity contribution in [1.82, 2.24) is 5.32 Å². The van der Waals surface area contributed by atoms with E-state index in [1.165, 1.54) is 31.2 Å². The summed E-state index contributed by atoms with van der Waals surface area (Å²) >= 11 is 3.41. The second-order valence-electron chi connectivity index (χ2n) is 4.88. The Bertz CT molecular complexity index is 704. The van der Waals surface area contributed by atoms with Crippen LogP contribution in [-0.4, -0.2) is 24.9 Å². The number of carbonyl (C=O) groups excluding carboxylic acids is 2. The van der Waals surface area contributed by atoms with Crippen LogP contribution in [0.1, 0.15) is 17.3 Å². The van der Waals surface area contributed by atoms with Crippen LogP contribution in [-0.2, 0) is 4.79 Å². The van der Waals surface area contributed by atoms with Crippen molar-refractivity contribution in [2.24, 2.45) is 0 Å². The highest BCUT2D eigenvalue weighted by atomic mass is 79.9. The molecule has 0 aromatic heterocycles. The lowest BCUT2D eigenvalue weighted by atomic mass is 10.2. The van der Waals surface area contributed by atoms with Gasteiger partial charge in [-0.3, -0.25) is 9.59 Å². The number of para-hydroxylation sites is 1. The Kier molecular flexibility index (Phi) is 5.87. The van der Waals surface area contributed by atoms with Crippen LogP contribution in [0.2, 0.25) is 0 Å². The van der Waals surface area contributed by atoms with Gasteiger partial charge in [-0.2, -0.15) is 0 Å². The summed E-state index contributed by atoms with van der Waals surface area (Å²) in [5.74, 6) is -0.813. The predicted molar refractivity (Wildman–Crippen MR) is 90.9 cm³/mol. The normalized spacial score (nSPS) is 10.2. The molecule has 23 heavy (non-hydrogen) atoms. The van der Waals surface area contributed by atoms with E-state index in [1.807, 2.05) is 24.3 Å². The highest BCUT2D eigenvalue weighted by Gasteiger charge is 2.14. The average Bonchev–Trinajstić information content (AvgIpc) is 2.53. The van der Waals surface area contributed by atoms with Crippen LogP contribution >= 0.6 is 15.9 Å². The molecule has 2 aromatic carbocycles. The van der Waals surface area contributed by atoms with Crippen LogP contribution in [0, 0.1) is 5.82 Å². The fraction of sp³-hybridized carbons (Fsp3) is 0.176. The predicted octanol–water partition coefficient (Wildman–Crippen LogP) is 3.37. The SMILES string of the molecule is CC(=O)N(CCNC(=O)c1ccc(F)cc1)c1ccccc1Br. The van der Waals surface area contributed by atoms with Gasteiger partial charge in [0, 0.05) is 30.0 Å². The lowest BCUT2D eigenvalue weighted by Crippen LogP contribution is -2.37. The molecule has 0 aliphatic heterocycles. The summed E-state index contributed by atoms with van der Waals surface area (Å²) in [7, 11) is 0. The molecule has 2 aromatic rings. The zero-order chi connectivity index (χ0) is 16.8. The minimum atomic E-state index is -0.391. The van der Waals surface area contributed by atoms with E-state index in [2.05, 4.69) is 21.2 Å². The molecule has 0 bridgehead atoms. The molecule has 0 saturated carbocycles. The van der Waals surface area contributed by atoms with Crippen LogP contribution in [0.3, 0.4) is 0 Å². The molecule has 0 heterocycles. The summed E-state index contributed by atoms with van der Waals surface area (Å²) in [6, 6.07) is 12.7. The molecule has 120 valence electrons. The zero-order valence-corrected chi connectivity index (χ0v) is 14.1. The summed E-state index contributed by atoms with van der Waals surface area (Å²) < 4.78 is 13.6. The third-order valence-electron chi connectivity index (χ3n) is 3.25. The third kappa shape index (κ3) is 4.63. The lowest BCUT2D eigenvalue weighted by molar-refractivity contribution is -0.116. The first kappa shape index (κ1) is 17.1. The fourth-order valence-electron chi connectivity index (χ4n) is 2.10. The molecule has 0 radical (unpaired) electrons. The van der Waals surface area contributed by atoms with Crippen molar-refractivity contribution < 1.29 is 14.0 Å². The Hall–Kier alpha value is -2.21. The number of anilines is 1. The summed E-state index contributed by atoms with van der Waals surface area (Å²) in [5.41, 5.74) is 1.12. The zero-order valence-electron chi connectivity index (χ0n) is 12.6. The van der Waals surface area contributed by atoms with E-state index in [1.54, 1.807) is 4.90 Å². The number of nitrogens with one attached hydrogen (secondary N) is 1. The Labute approximate surface area is 142 Å². The van der Waals surface area contributed by atoms with Gasteiger partial charge < -0.3 is 10.2 Å². The minimum absolute atomic E-state index is 0.118. The molecule has 0 atom stereocenters. The van der Waals surface area contributed by atoms with Crippen molar-refractivity contribution in [3.05, 3.63) is 64.4 Å². The molecule has 2 rings (SSSR count). The smallest absolute Gasteiger partial charge is 0.251 e. The minimum Gasteiger partial charge on any atom is -0.350 e. The molecule has 0 saturated heterocycles. The van der Waals surface area contributed by atoms with Gasteiger partial charge in [0.15, 0.2) is 0 Å². The van der Waals surface area contributed by atoms with Gasteiger partial charge in [-0.05, 0) is 52.3 Å². The Morgan fingerprint density at radius 3 is 2.39 bits per heavy atom. The van der Waals surface area contributed by atoms with E-state index >= 15 is 0 Å². The van der Waals surface area contributed by atoms with Gasteiger partial charge >= 0.3 is 0 Å². The number of hydrogen-bond acceptors (Lipinski definition) is 2. The Morgan fingerprint density at radius 2 is 1.78 bits per heavy atom. The first-order valence-corrected chi connectivity index (χ1v) is 7.84. The summed E-state index contributed by atoms with van der Waals surface area (Å²) in [6.07, 6.45) is 0. The van der Waals surface area contributed by atoms with Crippen LogP contribution in [0.15, 0.2) is 53.0 Å². The first-order chi connectivity index (χ1) is 11.0. The van der Waals surface area contributed by atoms with Gasteiger partial charge in [-0.1, -0.05) is 12.1 Å². The van der Waals surface area contributed by atoms with Crippen LogP contribution in [0.5, 0.6) is 0 Å². The second-order valence-corrected chi connectivity index (χ2v) is 5.74. The van der Waals surface area contributed by atoms with Crippen molar-refractivity contribution in [1.29, 1.82) is 0 Å². The molecule has 1 N–H and O–H groups in total. The third-order valence-corrected chi connectivity index (χ3v) is 3.92. The van der Waals surface area contributed by atoms with Crippen molar-refractivity contribution >= 4 is 33.4 Å². The molecule has 0 spiro atoms. The van der Waals surface area contributed by atoms with E-state index < -0.39 is 5.82 Å². The molecular weight excluding hydrogens is 363 g/mol. The number of nitrogens with zero attached hydrogens (tertiary/aromatic N) is 1. The Balaban J connectivity index is 1.97. The van der Waals surface area contributed by atoms with E-state index in [4.69, 9.17) is 0 Å². The number of halogens is 2. The van der Waals surface area contributed by atoms with Crippen molar-refractivity contribution in [3.63, 3.8) is 0 Å². The van der Waals surface area contributed by atoms with Crippen LogP contribution in [0.25, 0.3) is 0 Å². The second kappa shape index (κ2) is 7.87. The monoisotopic (exact) mass is 378 g/mol. The van der Waals surface area contributed by atoms with Crippen LogP contribution in [0.4, 0.5) is 10.1 Å². The number of carbonyl (C=O) groups is 2. The highest BCUT2D eigenvalue weighted by Crippen LogP contribution is 2.25. The summed E-state index contributed by atoms with van der Waals surface area (Å²) in [6.45, 7) is 2.10. The van der Waals surface area contributed by atoms with Crippen molar-refractivity contribution in [2.45, 2.75) is 6.92 Å². The van der Waals surface area contributed by atoms with Crippen molar-refractivity contribution in [3.8, 4) is 0 Å². The molecule has 0 fully saturated rings. The van der Waals surface area contributed by atoms with Gasteiger partial charge in [-0.25, -0.2) is 4.39 Å². The summed E-state index contributed by atoms with van der Waals surface area (Å²) in [4.78, 5) is 25.4. The highest BCUT2D eigenvalue weighted by molar-refractivity contribution is 9.10. The van der Waals surface area contributed by atoms with E-state index in [0.29, 0.717) is 12.1 Å². The number of rotatable bonds is 5. The van der Waals surface area contributed by atoms with Gasteiger partial charge in [0.2, 0.25) is 5.91 Å². The molecule has 0 aliphatic carbocycles. The quantitative estimate of drug-likeness (QED) is 0.866. The van der Waals surface area contributed by atoms with Gasteiger partial charge in [-0.15, -0.1) is 0 Å². The van der Waals surface area contributed by atoms with Crippen LogP contribution < -0.4 is 10.2 Å². The van der Waals surface area contributed by atoms with Gasteiger partial charge in [0.05, 0.1) is 5.69 Å². The molecule has 2 amide bonds. The topological polar surface area (TPSA) is 49.4 Å². The maximum absolute atomic E-state index is 12.8. The van der Waals surface area contributed by atoms with E-state index in [-0.39, 0.29) is 18.4 Å². The largest absolute Gasteiger partial charge is 0.350 e. The Morgan fingerprint density at radius 1 is 1.13 bits per heavy atom. The maximum atomic E-state index is 12.8. The van der Waals surface area contributed by atoms with E-state index in [0.717, 1.165) is 10.2 Å². The van der Waals surface area contributed by atoms with Gasteiger partial charge in [0.1, 0.15) is 5.82 Å². The molecule has 0 unspecified atom stereocenters.